The molecule has 0 saturated carbocycles. The first kappa shape index (κ1) is 20.1. The topological polar surface area (TPSA) is 59.5 Å². The molecule has 2 aliphatic heterocycles. The van der Waals surface area contributed by atoms with Crippen molar-refractivity contribution in [1.29, 1.82) is 0 Å². The Kier molecular flexibility index (Phi) is 4.85. The number of para-hydroxylation sites is 1. The average Bonchev–Trinajstić information content (AvgIpc) is 3.07. The van der Waals surface area contributed by atoms with Crippen LogP contribution in [-0.2, 0) is 20.9 Å². The van der Waals surface area contributed by atoms with Gasteiger partial charge in [0.2, 0.25) is 0 Å². The SMILES string of the molecule is C=C1C(CC)=C(C(CC)(OC(C)=O)C(C)=O)C=C2c3nc4ccccc4cc3CN12. The molecule has 154 valence electrons. The monoisotopic (exact) mass is 402 g/mol. The van der Waals surface area contributed by atoms with Crippen LogP contribution in [0.5, 0.6) is 0 Å². The van der Waals surface area contributed by atoms with Crippen molar-refractivity contribution in [1.82, 2.24) is 9.88 Å². The van der Waals surface area contributed by atoms with E-state index in [1.807, 2.05) is 38.1 Å². The maximum Gasteiger partial charge on any atom is 0.303 e. The summed E-state index contributed by atoms with van der Waals surface area (Å²) in [5.74, 6) is -0.665. The normalized spacial score (nSPS) is 17.4. The lowest BCUT2D eigenvalue weighted by Gasteiger charge is -2.38. The highest BCUT2D eigenvalue weighted by Crippen LogP contribution is 2.46. The van der Waals surface area contributed by atoms with Crippen LogP contribution in [0.15, 0.2) is 59.8 Å². The Hall–Kier alpha value is -3.21. The molecule has 5 nitrogen and oxygen atoms in total. The van der Waals surface area contributed by atoms with E-state index in [1.165, 1.54) is 13.8 Å². The summed E-state index contributed by atoms with van der Waals surface area (Å²) in [5.41, 5.74) is 5.00. The van der Waals surface area contributed by atoms with Gasteiger partial charge >= 0.3 is 5.97 Å². The predicted molar refractivity (Wildman–Crippen MR) is 117 cm³/mol. The van der Waals surface area contributed by atoms with Crippen molar-refractivity contribution in [3.8, 4) is 0 Å². The highest BCUT2D eigenvalue weighted by Gasteiger charge is 2.45. The molecule has 0 amide bonds. The van der Waals surface area contributed by atoms with Gasteiger partial charge in [-0.25, -0.2) is 4.98 Å². The number of carbonyl (C=O) groups excluding carboxylic acids is 2. The third kappa shape index (κ3) is 2.88. The Labute approximate surface area is 176 Å². The minimum absolute atomic E-state index is 0.191. The van der Waals surface area contributed by atoms with Crippen molar-refractivity contribution in [3.05, 3.63) is 71.1 Å². The second-order valence-electron chi connectivity index (χ2n) is 7.83. The molecule has 1 unspecified atom stereocenters. The molecule has 1 aromatic carbocycles. The number of Topliss-reactive ketones (excluding diaryl/α,β-unsaturated/α-hetero) is 1. The van der Waals surface area contributed by atoms with Crippen molar-refractivity contribution in [3.63, 3.8) is 0 Å². The van der Waals surface area contributed by atoms with Crippen molar-refractivity contribution < 1.29 is 14.3 Å². The molecule has 1 atom stereocenters. The van der Waals surface area contributed by atoms with Gasteiger partial charge in [0.1, 0.15) is 0 Å². The zero-order valence-electron chi connectivity index (χ0n) is 17.9. The maximum absolute atomic E-state index is 12.8. The Morgan fingerprint density at radius 2 is 1.97 bits per heavy atom. The molecular weight excluding hydrogens is 376 g/mol. The summed E-state index contributed by atoms with van der Waals surface area (Å²) in [6.45, 7) is 11.7. The third-order valence-electron chi connectivity index (χ3n) is 6.12. The molecule has 3 heterocycles. The Balaban J connectivity index is 1.96. The van der Waals surface area contributed by atoms with Crippen LogP contribution in [0, 0.1) is 0 Å². The smallest absolute Gasteiger partial charge is 0.303 e. The summed E-state index contributed by atoms with van der Waals surface area (Å²) in [6.07, 6.45) is 3.02. The van der Waals surface area contributed by atoms with E-state index in [2.05, 4.69) is 23.6 Å². The molecule has 0 spiro atoms. The number of fused-ring (bicyclic) bond motifs is 4. The second-order valence-corrected chi connectivity index (χ2v) is 7.83. The lowest BCUT2D eigenvalue weighted by molar-refractivity contribution is -0.160. The van der Waals surface area contributed by atoms with Crippen molar-refractivity contribution >= 4 is 28.4 Å². The van der Waals surface area contributed by atoms with Gasteiger partial charge in [0.25, 0.3) is 0 Å². The minimum atomic E-state index is -1.32. The van der Waals surface area contributed by atoms with Gasteiger partial charge in [-0.3, -0.25) is 9.59 Å². The number of pyridine rings is 1. The second kappa shape index (κ2) is 7.24. The number of ether oxygens (including phenoxy) is 1. The third-order valence-corrected chi connectivity index (χ3v) is 6.12. The number of aromatic nitrogens is 1. The van der Waals surface area contributed by atoms with Gasteiger partial charge in [-0.2, -0.15) is 0 Å². The maximum atomic E-state index is 12.8. The Morgan fingerprint density at radius 3 is 2.60 bits per heavy atom. The molecule has 0 N–H and O–H groups in total. The van der Waals surface area contributed by atoms with E-state index < -0.39 is 11.6 Å². The lowest BCUT2D eigenvalue weighted by Crippen LogP contribution is -2.44. The average molecular weight is 402 g/mol. The van der Waals surface area contributed by atoms with E-state index in [1.54, 1.807) is 0 Å². The molecule has 4 rings (SSSR count). The van der Waals surface area contributed by atoms with Gasteiger partial charge in [-0.05, 0) is 43.5 Å². The molecule has 30 heavy (non-hydrogen) atoms. The summed E-state index contributed by atoms with van der Waals surface area (Å²) < 4.78 is 5.70. The molecule has 5 heteroatoms. The fraction of sp³-hybridized carbons (Fsp3) is 0.320. The standard InChI is InChI=1S/C25H26N2O3/c1-6-20-15(3)27-14-19-12-18-10-8-9-11-22(18)26-24(19)23(27)13-21(20)25(7-2,16(4)28)30-17(5)29/h8-13H,3,6-7,14H2,1-2,4-5H3. The minimum Gasteiger partial charge on any atom is -0.446 e. The number of nitrogens with zero attached hydrogens (tertiary/aromatic N) is 2. The number of allylic oxidation sites excluding steroid dienone is 1. The first-order chi connectivity index (χ1) is 14.3. The number of esters is 1. The molecular formula is C25H26N2O3. The molecule has 0 bridgehead atoms. The summed E-state index contributed by atoms with van der Waals surface area (Å²) >= 11 is 0. The zero-order chi connectivity index (χ0) is 21.6. The van der Waals surface area contributed by atoms with Gasteiger partial charge in [-0.1, -0.05) is 38.6 Å². The van der Waals surface area contributed by atoms with Crippen LogP contribution >= 0.6 is 0 Å². The molecule has 1 aromatic heterocycles. The van der Waals surface area contributed by atoms with Crippen LogP contribution in [-0.4, -0.2) is 27.2 Å². The van der Waals surface area contributed by atoms with E-state index in [9.17, 15) is 9.59 Å². The molecule has 0 fully saturated rings. The first-order valence-corrected chi connectivity index (χ1v) is 10.3. The van der Waals surface area contributed by atoms with Crippen LogP contribution < -0.4 is 0 Å². The number of hydrogen-bond acceptors (Lipinski definition) is 5. The van der Waals surface area contributed by atoms with E-state index in [0.717, 1.165) is 39.1 Å². The Morgan fingerprint density at radius 1 is 1.23 bits per heavy atom. The van der Waals surface area contributed by atoms with E-state index in [-0.39, 0.29) is 5.78 Å². The van der Waals surface area contributed by atoms with Gasteiger partial charge in [0.15, 0.2) is 11.4 Å². The molecule has 2 aromatic rings. The largest absolute Gasteiger partial charge is 0.446 e. The van der Waals surface area contributed by atoms with Crippen molar-refractivity contribution in [2.45, 2.75) is 52.7 Å². The quantitative estimate of drug-likeness (QED) is 0.664. The number of rotatable bonds is 5. The summed E-state index contributed by atoms with van der Waals surface area (Å²) in [5, 5.41) is 1.10. The number of hydrogen-bond donors (Lipinski definition) is 0. The Bertz CT molecular complexity index is 1160. The number of ketones is 1. The van der Waals surface area contributed by atoms with Crippen LogP contribution in [0.2, 0.25) is 0 Å². The zero-order valence-corrected chi connectivity index (χ0v) is 17.9. The van der Waals surface area contributed by atoms with Gasteiger partial charge in [0, 0.05) is 29.1 Å². The highest BCUT2D eigenvalue weighted by molar-refractivity contribution is 5.94. The fourth-order valence-corrected chi connectivity index (χ4v) is 4.64. The van der Waals surface area contributed by atoms with Crippen LogP contribution in [0.25, 0.3) is 16.6 Å². The van der Waals surface area contributed by atoms with E-state index >= 15 is 0 Å². The lowest BCUT2D eigenvalue weighted by atomic mass is 9.80. The summed E-state index contributed by atoms with van der Waals surface area (Å²) in [7, 11) is 0. The molecule has 0 saturated heterocycles. The first-order valence-electron chi connectivity index (χ1n) is 10.3. The number of carbonyl (C=O) groups is 2. The molecule has 2 aliphatic rings. The number of benzene rings is 1. The summed E-state index contributed by atoms with van der Waals surface area (Å²) in [6, 6.07) is 10.2. The highest BCUT2D eigenvalue weighted by atomic mass is 16.6. The van der Waals surface area contributed by atoms with Crippen LogP contribution in [0.3, 0.4) is 0 Å². The van der Waals surface area contributed by atoms with Gasteiger partial charge < -0.3 is 9.64 Å². The van der Waals surface area contributed by atoms with Crippen molar-refractivity contribution in [2.75, 3.05) is 0 Å². The van der Waals surface area contributed by atoms with E-state index in [0.29, 0.717) is 25.0 Å². The van der Waals surface area contributed by atoms with Gasteiger partial charge in [0.05, 0.1) is 23.5 Å². The van der Waals surface area contributed by atoms with Gasteiger partial charge in [-0.15, -0.1) is 0 Å². The summed E-state index contributed by atoms with van der Waals surface area (Å²) in [4.78, 5) is 31.8. The fourth-order valence-electron chi connectivity index (χ4n) is 4.64. The van der Waals surface area contributed by atoms with Crippen molar-refractivity contribution in [2.24, 2.45) is 0 Å². The molecule has 0 aliphatic carbocycles. The predicted octanol–water partition coefficient (Wildman–Crippen LogP) is 4.93. The van der Waals surface area contributed by atoms with Crippen LogP contribution in [0.4, 0.5) is 0 Å². The molecule has 0 radical (unpaired) electrons. The van der Waals surface area contributed by atoms with Crippen LogP contribution in [0.1, 0.15) is 51.8 Å². The van der Waals surface area contributed by atoms with E-state index in [4.69, 9.17) is 9.72 Å².